The summed E-state index contributed by atoms with van der Waals surface area (Å²) in [6, 6.07) is 73.2. The van der Waals surface area contributed by atoms with Gasteiger partial charge in [-0.1, -0.05) is 170 Å². The van der Waals surface area contributed by atoms with E-state index in [-0.39, 0.29) is 0 Å². The van der Waals surface area contributed by atoms with Gasteiger partial charge in [0.2, 0.25) is 11.9 Å². The van der Waals surface area contributed by atoms with Crippen LogP contribution in [0.1, 0.15) is 11.1 Å². The minimum atomic E-state index is 0.334. The van der Waals surface area contributed by atoms with E-state index in [1.54, 1.807) is 0 Å². The molecule has 0 spiro atoms. The largest absolute Gasteiger partial charge is 0.355 e. The molecule has 71 heavy (non-hydrogen) atoms. The van der Waals surface area contributed by atoms with Crippen LogP contribution >= 0.6 is 0 Å². The number of hydrogen-bond donors (Lipinski definition) is 4. The van der Waals surface area contributed by atoms with E-state index in [1.807, 2.05) is 146 Å². The van der Waals surface area contributed by atoms with E-state index in [9.17, 15) is 0 Å². The average Bonchev–Trinajstić information content (AvgIpc) is 3.77. The quantitative estimate of drug-likeness (QED) is 0.0894. The van der Waals surface area contributed by atoms with Gasteiger partial charge in [0.05, 0.1) is 27.9 Å². The van der Waals surface area contributed by atoms with Crippen LogP contribution in [0.5, 0.6) is 0 Å². The first-order chi connectivity index (χ1) is 35.1. The number of nitrogens with one attached hydrogen (secondary N) is 4. The average molecular weight is 915 g/mol. The predicted molar refractivity (Wildman–Crippen MR) is 290 cm³/mol. The Morgan fingerprint density at radius 2 is 0.958 bits per heavy atom. The van der Waals surface area contributed by atoms with Crippen molar-refractivity contribution in [2.75, 3.05) is 10.6 Å². The Kier molecular flexibility index (Phi) is 10.9. The number of fused-ring (bicyclic) bond motifs is 4. The molecule has 0 saturated heterocycles. The molecule has 10 heteroatoms. The number of hydrogen-bond acceptors (Lipinski definition) is 9. The molecule has 0 fully saturated rings. The summed E-state index contributed by atoms with van der Waals surface area (Å²) in [5.74, 6) is 1.83. The van der Waals surface area contributed by atoms with Crippen LogP contribution in [-0.4, -0.2) is 41.9 Å². The lowest BCUT2D eigenvalue weighted by Crippen LogP contribution is -2.07. The molecule has 0 bridgehead atoms. The maximum atomic E-state index is 9.14. The highest BCUT2D eigenvalue weighted by Gasteiger charge is 2.23. The summed E-state index contributed by atoms with van der Waals surface area (Å²) in [4.78, 5) is 25.5. The molecule has 0 aliphatic carbocycles. The van der Waals surface area contributed by atoms with Gasteiger partial charge in [-0.15, -0.1) is 0 Å². The Morgan fingerprint density at radius 1 is 0.394 bits per heavy atom. The fourth-order valence-corrected chi connectivity index (χ4v) is 9.25. The molecule has 0 unspecified atom stereocenters. The first kappa shape index (κ1) is 42.4. The number of benzene rings is 9. The van der Waals surface area contributed by atoms with Gasteiger partial charge >= 0.3 is 0 Å². The second kappa shape index (κ2) is 18.3. The summed E-state index contributed by atoms with van der Waals surface area (Å²) in [5, 5.41) is 27.3. The topological polar surface area (TPSA) is 141 Å². The second-order valence-electron chi connectivity index (χ2n) is 17.1. The molecule has 0 amide bonds. The van der Waals surface area contributed by atoms with E-state index < -0.39 is 0 Å². The van der Waals surface area contributed by atoms with E-state index in [1.165, 1.54) is 12.4 Å². The molecule has 12 rings (SSSR count). The van der Waals surface area contributed by atoms with Crippen molar-refractivity contribution in [3.05, 3.63) is 230 Å². The third kappa shape index (κ3) is 8.11. The molecular formula is C61H42N10. The zero-order valence-electron chi connectivity index (χ0n) is 38.1. The van der Waals surface area contributed by atoms with Crippen molar-refractivity contribution in [1.82, 2.24) is 29.5 Å². The van der Waals surface area contributed by atoms with Gasteiger partial charge in [0.15, 0.2) is 11.6 Å². The molecule has 336 valence electrons. The van der Waals surface area contributed by atoms with Gasteiger partial charge in [-0.25, -0.2) is 15.0 Å². The molecule has 0 radical (unpaired) electrons. The fraction of sp³-hybridized carbons (Fsp3) is 0. The molecule has 3 heterocycles. The Balaban J connectivity index is 1.05. The van der Waals surface area contributed by atoms with Crippen LogP contribution in [0, 0.1) is 10.8 Å². The summed E-state index contributed by atoms with van der Waals surface area (Å²) < 4.78 is 2.07. The maximum absolute atomic E-state index is 9.14. The van der Waals surface area contributed by atoms with Gasteiger partial charge in [-0.3, -0.25) is 4.57 Å². The molecule has 3 aromatic heterocycles. The third-order valence-corrected chi connectivity index (χ3v) is 12.7. The SMILES string of the molecule is N=Cc1cc(-c2ccc3c(c2)c2ccc(Nc4nc(-c5ccccc5)nc(-c5ccccc5)n4)c(C=N)c2n3-c2nc(-c3ccc(-c4ccccc4)cc3)c3ccccc3n2)ccc1Nc1ccccc1. The van der Waals surface area contributed by atoms with Crippen LogP contribution in [0.15, 0.2) is 218 Å². The van der Waals surface area contributed by atoms with Crippen molar-refractivity contribution in [2.45, 2.75) is 0 Å². The molecule has 0 aliphatic rings. The smallest absolute Gasteiger partial charge is 0.235 e. The molecular weight excluding hydrogens is 873 g/mol. The standard InChI is InChI=1S/C61H42N10/c62-37-46-35-44(29-32-52(46)64-47-21-11-4-12-22-47)45-30-34-55-50(36-45)48-31-33-54(65-60-69-58(42-17-7-2-8-18-42)68-59(70-60)43-19-9-3-10-20-43)51(38-63)57(48)71(55)61-66-53-24-14-13-23-49(53)56(67-61)41-27-25-40(26-28-41)39-15-5-1-6-16-39/h1-38,62-64H,(H,65,68,69,70). The van der Waals surface area contributed by atoms with Crippen molar-refractivity contribution >= 4 is 68.1 Å². The number of para-hydroxylation sites is 2. The zero-order valence-corrected chi connectivity index (χ0v) is 38.1. The minimum absolute atomic E-state index is 0.334. The summed E-state index contributed by atoms with van der Waals surface area (Å²) in [7, 11) is 0. The van der Waals surface area contributed by atoms with Gasteiger partial charge in [0, 0.05) is 67.8 Å². The van der Waals surface area contributed by atoms with E-state index in [2.05, 4.69) is 88.0 Å². The normalized spacial score (nSPS) is 11.2. The first-order valence-electron chi connectivity index (χ1n) is 23.2. The van der Waals surface area contributed by atoms with Crippen molar-refractivity contribution in [3.8, 4) is 62.2 Å². The lowest BCUT2D eigenvalue weighted by Gasteiger charge is -2.15. The lowest BCUT2D eigenvalue weighted by atomic mass is 9.99. The van der Waals surface area contributed by atoms with E-state index in [0.29, 0.717) is 34.8 Å². The highest BCUT2D eigenvalue weighted by molar-refractivity contribution is 6.17. The van der Waals surface area contributed by atoms with Gasteiger partial charge in [-0.2, -0.15) is 9.97 Å². The number of aromatic nitrogens is 6. The van der Waals surface area contributed by atoms with Crippen LogP contribution in [0.3, 0.4) is 0 Å². The molecule has 0 saturated carbocycles. The highest BCUT2D eigenvalue weighted by Crippen LogP contribution is 2.40. The van der Waals surface area contributed by atoms with Crippen molar-refractivity contribution < 1.29 is 0 Å². The molecule has 0 atom stereocenters. The second-order valence-corrected chi connectivity index (χ2v) is 17.1. The van der Waals surface area contributed by atoms with Gasteiger partial charge in [-0.05, 0) is 70.8 Å². The third-order valence-electron chi connectivity index (χ3n) is 12.7. The summed E-state index contributed by atoms with van der Waals surface area (Å²) in [6.45, 7) is 0. The van der Waals surface area contributed by atoms with Crippen LogP contribution in [0.2, 0.25) is 0 Å². The Bertz CT molecular complexity index is 3890. The molecule has 9 aromatic carbocycles. The monoisotopic (exact) mass is 914 g/mol. The van der Waals surface area contributed by atoms with Crippen LogP contribution < -0.4 is 10.6 Å². The van der Waals surface area contributed by atoms with Crippen molar-refractivity contribution in [3.63, 3.8) is 0 Å². The molecule has 0 aliphatic heterocycles. The van der Waals surface area contributed by atoms with Gasteiger partial charge < -0.3 is 21.5 Å². The summed E-state index contributed by atoms with van der Waals surface area (Å²) in [5.41, 5.74) is 13.8. The maximum Gasteiger partial charge on any atom is 0.235 e. The molecule has 10 nitrogen and oxygen atoms in total. The fourth-order valence-electron chi connectivity index (χ4n) is 9.25. The number of anilines is 4. The molecule has 4 N–H and O–H groups in total. The predicted octanol–water partition coefficient (Wildman–Crippen LogP) is 14.7. The Hall–Kier alpha value is -9.93. The molecule has 12 aromatic rings. The van der Waals surface area contributed by atoms with Crippen LogP contribution in [0.25, 0.3) is 94.9 Å². The zero-order chi connectivity index (χ0) is 47.7. The summed E-state index contributed by atoms with van der Waals surface area (Å²) >= 11 is 0. The van der Waals surface area contributed by atoms with Crippen LogP contribution in [-0.2, 0) is 0 Å². The van der Waals surface area contributed by atoms with Crippen LogP contribution in [0.4, 0.5) is 23.0 Å². The Labute approximate surface area is 409 Å². The van der Waals surface area contributed by atoms with Gasteiger partial charge in [0.25, 0.3) is 0 Å². The summed E-state index contributed by atoms with van der Waals surface area (Å²) in [6.07, 6.45) is 2.75. The van der Waals surface area contributed by atoms with Crippen molar-refractivity contribution in [2.24, 2.45) is 0 Å². The van der Waals surface area contributed by atoms with Crippen molar-refractivity contribution in [1.29, 1.82) is 10.8 Å². The minimum Gasteiger partial charge on any atom is -0.355 e. The number of nitrogens with zero attached hydrogens (tertiary/aromatic N) is 6. The van der Waals surface area contributed by atoms with Gasteiger partial charge in [0.1, 0.15) is 0 Å². The highest BCUT2D eigenvalue weighted by atomic mass is 15.2. The lowest BCUT2D eigenvalue weighted by molar-refractivity contribution is 1.01. The van der Waals surface area contributed by atoms with E-state index >= 15 is 0 Å². The number of rotatable bonds is 12. The van der Waals surface area contributed by atoms with E-state index in [4.69, 9.17) is 35.7 Å². The van der Waals surface area contributed by atoms with E-state index in [0.717, 1.165) is 94.3 Å². The first-order valence-corrected chi connectivity index (χ1v) is 23.2. The Morgan fingerprint density at radius 3 is 1.63 bits per heavy atom.